The third-order valence-electron chi connectivity index (χ3n) is 3.88. The molecular formula is C19H25N3O2. The van der Waals surface area contributed by atoms with Gasteiger partial charge < -0.3 is 21.1 Å². The highest BCUT2D eigenvalue weighted by Crippen LogP contribution is 2.11. The number of amides is 2. The number of phenols is 1. The first kappa shape index (κ1) is 17.8. The highest BCUT2D eigenvalue weighted by atomic mass is 16.3. The average molecular weight is 327 g/mol. The van der Waals surface area contributed by atoms with Gasteiger partial charge in [-0.2, -0.15) is 0 Å². The molecule has 0 bridgehead atoms. The minimum absolute atomic E-state index is 0.134. The zero-order chi connectivity index (χ0) is 17.2. The molecule has 0 aromatic heterocycles. The smallest absolute Gasteiger partial charge is 0.314 e. The zero-order valence-electron chi connectivity index (χ0n) is 14.0. The molecule has 128 valence electrons. The molecule has 0 radical (unpaired) electrons. The van der Waals surface area contributed by atoms with Crippen LogP contribution in [0.4, 0.5) is 4.79 Å². The molecule has 0 fully saturated rings. The van der Waals surface area contributed by atoms with Crippen LogP contribution in [-0.2, 0) is 12.8 Å². The van der Waals surface area contributed by atoms with E-state index in [4.69, 9.17) is 0 Å². The zero-order valence-corrected chi connectivity index (χ0v) is 14.0. The summed E-state index contributed by atoms with van der Waals surface area (Å²) in [5.74, 6) is 0.260. The van der Waals surface area contributed by atoms with E-state index in [9.17, 15) is 9.90 Å². The summed E-state index contributed by atoms with van der Waals surface area (Å²) in [5.41, 5.74) is 2.32. The molecule has 5 nitrogen and oxygen atoms in total. The Morgan fingerprint density at radius 3 is 2.38 bits per heavy atom. The van der Waals surface area contributed by atoms with Crippen LogP contribution >= 0.6 is 0 Å². The van der Waals surface area contributed by atoms with Crippen LogP contribution in [0.1, 0.15) is 11.1 Å². The van der Waals surface area contributed by atoms with Crippen LogP contribution in [0.5, 0.6) is 5.75 Å². The largest absolute Gasteiger partial charge is 0.508 e. The Balaban J connectivity index is 1.68. The second-order valence-electron chi connectivity index (χ2n) is 5.73. The minimum atomic E-state index is -0.156. The summed E-state index contributed by atoms with van der Waals surface area (Å²) in [6.07, 6.45) is 1.60. The van der Waals surface area contributed by atoms with Crippen LogP contribution in [0.3, 0.4) is 0 Å². The number of urea groups is 1. The molecule has 0 spiro atoms. The van der Waals surface area contributed by atoms with Crippen molar-refractivity contribution >= 4 is 6.03 Å². The maximum absolute atomic E-state index is 11.9. The quantitative estimate of drug-likeness (QED) is 0.600. The summed E-state index contributed by atoms with van der Waals surface area (Å²) in [6.45, 7) is 1.15. The first-order valence-electron chi connectivity index (χ1n) is 8.18. The molecule has 0 saturated carbocycles. The number of nitrogens with one attached hydrogen (secondary N) is 3. The Hall–Kier alpha value is -2.53. The lowest BCUT2D eigenvalue weighted by Gasteiger charge is -2.17. The second-order valence-corrected chi connectivity index (χ2v) is 5.73. The average Bonchev–Trinajstić information content (AvgIpc) is 2.61. The summed E-state index contributed by atoms with van der Waals surface area (Å²) < 4.78 is 0. The summed E-state index contributed by atoms with van der Waals surface area (Å²) >= 11 is 0. The summed E-state index contributed by atoms with van der Waals surface area (Å²) in [7, 11) is 1.88. The molecule has 4 N–H and O–H groups in total. The van der Waals surface area contributed by atoms with Gasteiger partial charge in [0, 0.05) is 19.1 Å². The Morgan fingerprint density at radius 1 is 1.00 bits per heavy atom. The van der Waals surface area contributed by atoms with E-state index in [1.165, 1.54) is 5.56 Å². The maximum atomic E-state index is 11.9. The lowest BCUT2D eigenvalue weighted by molar-refractivity contribution is 0.239. The van der Waals surface area contributed by atoms with E-state index in [1.807, 2.05) is 49.5 Å². The van der Waals surface area contributed by atoms with E-state index in [0.29, 0.717) is 13.1 Å². The fourth-order valence-corrected chi connectivity index (χ4v) is 2.44. The molecule has 1 unspecified atom stereocenters. The minimum Gasteiger partial charge on any atom is -0.508 e. The molecule has 2 amide bonds. The molecule has 24 heavy (non-hydrogen) atoms. The molecule has 0 aliphatic heterocycles. The third kappa shape index (κ3) is 6.30. The van der Waals surface area contributed by atoms with Gasteiger partial charge in [-0.15, -0.1) is 0 Å². The number of likely N-dealkylation sites (N-methyl/N-ethyl adjacent to an activating group) is 1. The Morgan fingerprint density at radius 2 is 1.71 bits per heavy atom. The van der Waals surface area contributed by atoms with Gasteiger partial charge in [0.15, 0.2) is 0 Å². The van der Waals surface area contributed by atoms with Gasteiger partial charge in [0.1, 0.15) is 5.75 Å². The molecule has 2 rings (SSSR count). The van der Waals surface area contributed by atoms with Crippen molar-refractivity contribution in [3.8, 4) is 5.75 Å². The maximum Gasteiger partial charge on any atom is 0.314 e. The van der Waals surface area contributed by atoms with Crippen LogP contribution in [0.15, 0.2) is 54.6 Å². The van der Waals surface area contributed by atoms with Crippen molar-refractivity contribution in [3.05, 3.63) is 65.7 Å². The van der Waals surface area contributed by atoms with Gasteiger partial charge >= 0.3 is 6.03 Å². The Labute approximate surface area is 143 Å². The van der Waals surface area contributed by atoms with Crippen molar-refractivity contribution in [2.24, 2.45) is 0 Å². The SMILES string of the molecule is CNC(CNC(=O)NCCc1ccccc1)Cc1ccc(O)cc1. The number of carbonyl (C=O) groups is 1. The number of benzene rings is 2. The van der Waals surface area contributed by atoms with Gasteiger partial charge in [0.2, 0.25) is 0 Å². The number of rotatable bonds is 8. The van der Waals surface area contributed by atoms with Crippen LogP contribution in [0.25, 0.3) is 0 Å². The number of aromatic hydroxyl groups is 1. The van der Waals surface area contributed by atoms with Crippen LogP contribution in [0.2, 0.25) is 0 Å². The number of phenolic OH excluding ortho intramolecular Hbond substituents is 1. The van der Waals surface area contributed by atoms with Gasteiger partial charge in [0.05, 0.1) is 0 Å². The standard InChI is InChI=1S/C19H25N3O2/c1-20-17(13-16-7-9-18(23)10-8-16)14-22-19(24)21-12-11-15-5-3-2-4-6-15/h2-10,17,20,23H,11-14H2,1H3,(H2,21,22,24). The summed E-state index contributed by atoms with van der Waals surface area (Å²) in [4.78, 5) is 11.9. The van der Waals surface area contributed by atoms with Crippen molar-refractivity contribution in [2.45, 2.75) is 18.9 Å². The molecule has 0 aliphatic rings. The summed E-state index contributed by atoms with van der Waals surface area (Å²) in [5, 5.41) is 18.3. The van der Waals surface area contributed by atoms with Crippen molar-refractivity contribution in [3.63, 3.8) is 0 Å². The van der Waals surface area contributed by atoms with E-state index in [1.54, 1.807) is 12.1 Å². The van der Waals surface area contributed by atoms with E-state index in [-0.39, 0.29) is 17.8 Å². The first-order valence-corrected chi connectivity index (χ1v) is 8.18. The molecule has 2 aromatic rings. The predicted octanol–water partition coefficient (Wildman–Crippen LogP) is 2.06. The van der Waals surface area contributed by atoms with Gasteiger partial charge in [-0.3, -0.25) is 0 Å². The van der Waals surface area contributed by atoms with Crippen molar-refractivity contribution in [1.82, 2.24) is 16.0 Å². The second kappa shape index (κ2) is 9.57. The van der Waals surface area contributed by atoms with E-state index in [2.05, 4.69) is 16.0 Å². The topological polar surface area (TPSA) is 73.4 Å². The van der Waals surface area contributed by atoms with Gasteiger partial charge in [-0.05, 0) is 43.1 Å². The highest BCUT2D eigenvalue weighted by molar-refractivity contribution is 5.73. The molecule has 5 heteroatoms. The monoisotopic (exact) mass is 327 g/mol. The number of carbonyl (C=O) groups excluding carboxylic acids is 1. The fourth-order valence-electron chi connectivity index (χ4n) is 2.44. The molecule has 0 saturated heterocycles. The van der Waals surface area contributed by atoms with Gasteiger partial charge in [-0.25, -0.2) is 4.79 Å². The lowest BCUT2D eigenvalue weighted by atomic mass is 10.1. The van der Waals surface area contributed by atoms with Crippen LogP contribution in [0, 0.1) is 0 Å². The molecule has 1 atom stereocenters. The Kier molecular flexibility index (Phi) is 7.11. The third-order valence-corrected chi connectivity index (χ3v) is 3.88. The van der Waals surface area contributed by atoms with Crippen molar-refractivity contribution < 1.29 is 9.90 Å². The number of hydrogen-bond donors (Lipinski definition) is 4. The molecule has 2 aromatic carbocycles. The highest BCUT2D eigenvalue weighted by Gasteiger charge is 2.09. The summed E-state index contributed by atoms with van der Waals surface area (Å²) in [6, 6.07) is 17.2. The van der Waals surface area contributed by atoms with E-state index < -0.39 is 0 Å². The van der Waals surface area contributed by atoms with Crippen LogP contribution in [-0.4, -0.2) is 37.3 Å². The molecular weight excluding hydrogens is 302 g/mol. The molecule has 0 heterocycles. The fraction of sp³-hybridized carbons (Fsp3) is 0.316. The van der Waals surface area contributed by atoms with E-state index in [0.717, 1.165) is 18.4 Å². The Bertz CT molecular complexity index is 614. The van der Waals surface area contributed by atoms with Crippen molar-refractivity contribution in [1.29, 1.82) is 0 Å². The predicted molar refractivity (Wildman–Crippen MR) is 96.2 cm³/mol. The number of hydrogen-bond acceptors (Lipinski definition) is 3. The lowest BCUT2D eigenvalue weighted by Crippen LogP contribution is -2.44. The van der Waals surface area contributed by atoms with E-state index >= 15 is 0 Å². The first-order chi connectivity index (χ1) is 11.7. The normalized spacial score (nSPS) is 11.7. The van der Waals surface area contributed by atoms with Crippen LogP contribution < -0.4 is 16.0 Å². The molecule has 0 aliphatic carbocycles. The van der Waals surface area contributed by atoms with Gasteiger partial charge in [0.25, 0.3) is 0 Å². The van der Waals surface area contributed by atoms with Crippen molar-refractivity contribution in [2.75, 3.05) is 20.1 Å². The van der Waals surface area contributed by atoms with Gasteiger partial charge in [-0.1, -0.05) is 42.5 Å².